The fourth-order valence-electron chi connectivity index (χ4n) is 3.86. The molecule has 110 valence electrons. The fourth-order valence-corrected chi connectivity index (χ4v) is 4.35. The quantitative estimate of drug-likeness (QED) is 0.905. The molecule has 1 aromatic carbocycles. The molecule has 2 unspecified atom stereocenters. The van der Waals surface area contributed by atoms with Crippen molar-refractivity contribution in [1.29, 1.82) is 0 Å². The molecule has 1 aliphatic carbocycles. The summed E-state index contributed by atoms with van der Waals surface area (Å²) in [7, 11) is 1.60. The van der Waals surface area contributed by atoms with Crippen molar-refractivity contribution < 1.29 is 9.84 Å². The zero-order valence-electron chi connectivity index (χ0n) is 11.9. The van der Waals surface area contributed by atoms with Crippen molar-refractivity contribution in [3.63, 3.8) is 0 Å². The average molecular weight is 340 g/mol. The number of piperidine rings is 1. The van der Waals surface area contributed by atoms with Crippen LogP contribution in [0.5, 0.6) is 11.5 Å². The van der Waals surface area contributed by atoms with Gasteiger partial charge in [-0.1, -0.05) is 6.42 Å². The van der Waals surface area contributed by atoms with Crippen LogP contribution < -0.4 is 4.74 Å². The Balaban J connectivity index is 1.78. The Morgan fingerprint density at radius 1 is 1.30 bits per heavy atom. The van der Waals surface area contributed by atoms with Gasteiger partial charge in [-0.05, 0) is 71.8 Å². The smallest absolute Gasteiger partial charge is 0.172 e. The van der Waals surface area contributed by atoms with Crippen molar-refractivity contribution in [2.75, 3.05) is 13.7 Å². The zero-order valence-corrected chi connectivity index (χ0v) is 13.5. The molecule has 1 heterocycles. The molecule has 2 aliphatic rings. The lowest BCUT2D eigenvalue weighted by Crippen LogP contribution is -2.41. The second-order valence-electron chi connectivity index (χ2n) is 6.00. The van der Waals surface area contributed by atoms with E-state index in [0.717, 1.165) is 18.5 Å². The molecule has 1 aromatic rings. The summed E-state index contributed by atoms with van der Waals surface area (Å²) in [6, 6.07) is 4.73. The Labute approximate surface area is 129 Å². The van der Waals surface area contributed by atoms with Gasteiger partial charge in [0.15, 0.2) is 11.5 Å². The summed E-state index contributed by atoms with van der Waals surface area (Å²) in [5, 5.41) is 9.89. The Hall–Kier alpha value is -0.740. The Morgan fingerprint density at radius 3 is 2.90 bits per heavy atom. The summed E-state index contributed by atoms with van der Waals surface area (Å²) in [5.74, 6) is 1.65. The molecular weight excluding hydrogens is 318 g/mol. The van der Waals surface area contributed by atoms with E-state index < -0.39 is 0 Å². The molecule has 0 bridgehead atoms. The van der Waals surface area contributed by atoms with E-state index in [1.165, 1.54) is 44.2 Å². The fraction of sp³-hybridized carbons (Fsp3) is 0.625. The van der Waals surface area contributed by atoms with Gasteiger partial charge in [-0.2, -0.15) is 0 Å². The summed E-state index contributed by atoms with van der Waals surface area (Å²) in [5.41, 5.74) is 1.21. The number of hydrogen-bond acceptors (Lipinski definition) is 3. The normalized spacial score (nSPS) is 26.5. The number of nitrogens with zero attached hydrogens (tertiary/aromatic N) is 1. The van der Waals surface area contributed by atoms with Gasteiger partial charge in [0, 0.05) is 12.6 Å². The lowest BCUT2D eigenvalue weighted by Gasteiger charge is -2.37. The van der Waals surface area contributed by atoms with E-state index >= 15 is 0 Å². The summed E-state index contributed by atoms with van der Waals surface area (Å²) < 4.78 is 5.96. The highest BCUT2D eigenvalue weighted by Gasteiger charge is 2.34. The molecule has 1 saturated heterocycles. The third-order valence-corrected chi connectivity index (χ3v) is 5.41. The molecule has 0 radical (unpaired) electrons. The number of aromatic hydroxyl groups is 1. The van der Waals surface area contributed by atoms with Crippen LogP contribution in [0.2, 0.25) is 0 Å². The van der Waals surface area contributed by atoms with Crippen LogP contribution in [0.1, 0.15) is 37.7 Å². The number of hydrogen-bond donors (Lipinski definition) is 1. The predicted molar refractivity (Wildman–Crippen MR) is 83.1 cm³/mol. The number of likely N-dealkylation sites (tertiary alicyclic amines) is 1. The summed E-state index contributed by atoms with van der Waals surface area (Å²) in [6.45, 7) is 2.15. The van der Waals surface area contributed by atoms with E-state index in [1.54, 1.807) is 7.11 Å². The first-order valence-corrected chi connectivity index (χ1v) is 8.27. The summed E-state index contributed by atoms with van der Waals surface area (Å²) in [6.07, 6.45) is 6.86. The number of benzene rings is 1. The molecule has 0 amide bonds. The van der Waals surface area contributed by atoms with Crippen LogP contribution in [0.15, 0.2) is 16.6 Å². The minimum absolute atomic E-state index is 0.189. The van der Waals surface area contributed by atoms with E-state index in [0.29, 0.717) is 10.2 Å². The molecule has 1 aliphatic heterocycles. The van der Waals surface area contributed by atoms with Crippen LogP contribution in [0.25, 0.3) is 0 Å². The number of methoxy groups -OCH3 is 1. The number of fused-ring (bicyclic) bond motifs is 1. The van der Waals surface area contributed by atoms with Gasteiger partial charge in [-0.3, -0.25) is 4.90 Å². The van der Waals surface area contributed by atoms with E-state index in [9.17, 15) is 5.11 Å². The third-order valence-electron chi connectivity index (χ3n) is 4.80. The maximum Gasteiger partial charge on any atom is 0.172 e. The van der Waals surface area contributed by atoms with Crippen molar-refractivity contribution in [1.82, 2.24) is 4.90 Å². The molecule has 2 fully saturated rings. The van der Waals surface area contributed by atoms with Crippen LogP contribution in [-0.4, -0.2) is 29.7 Å². The molecule has 1 N–H and O–H groups in total. The summed E-state index contributed by atoms with van der Waals surface area (Å²) in [4.78, 5) is 2.62. The van der Waals surface area contributed by atoms with E-state index in [-0.39, 0.29) is 5.75 Å². The van der Waals surface area contributed by atoms with Crippen molar-refractivity contribution in [3.05, 3.63) is 22.2 Å². The molecule has 20 heavy (non-hydrogen) atoms. The molecule has 4 heteroatoms. The van der Waals surface area contributed by atoms with Gasteiger partial charge in [0.05, 0.1) is 11.6 Å². The van der Waals surface area contributed by atoms with Gasteiger partial charge in [0.25, 0.3) is 0 Å². The second kappa shape index (κ2) is 5.94. The van der Waals surface area contributed by atoms with Gasteiger partial charge in [-0.25, -0.2) is 0 Å². The first kappa shape index (κ1) is 14.2. The molecular formula is C16H22BrNO2. The van der Waals surface area contributed by atoms with E-state index in [1.807, 2.05) is 12.1 Å². The molecule has 0 spiro atoms. The standard InChI is InChI=1S/C16H22BrNO2/c1-20-15-9-11(8-13(17)16(15)19)10-18-7-3-5-12-4-2-6-14(12)18/h8-9,12,14,19H,2-7,10H2,1H3. The Morgan fingerprint density at radius 2 is 2.10 bits per heavy atom. The molecule has 3 nitrogen and oxygen atoms in total. The lowest BCUT2D eigenvalue weighted by atomic mass is 9.91. The number of halogens is 1. The second-order valence-corrected chi connectivity index (χ2v) is 6.85. The highest BCUT2D eigenvalue weighted by atomic mass is 79.9. The van der Waals surface area contributed by atoms with E-state index in [2.05, 4.69) is 20.8 Å². The van der Waals surface area contributed by atoms with Gasteiger partial charge in [-0.15, -0.1) is 0 Å². The van der Waals surface area contributed by atoms with Gasteiger partial charge in [0.2, 0.25) is 0 Å². The summed E-state index contributed by atoms with van der Waals surface area (Å²) >= 11 is 3.41. The minimum Gasteiger partial charge on any atom is -0.503 e. The number of ether oxygens (including phenoxy) is 1. The van der Waals surface area contributed by atoms with Crippen LogP contribution in [-0.2, 0) is 6.54 Å². The molecule has 1 saturated carbocycles. The van der Waals surface area contributed by atoms with Crippen LogP contribution in [0, 0.1) is 5.92 Å². The molecule has 0 aromatic heterocycles. The zero-order chi connectivity index (χ0) is 14.1. The Kier molecular flexibility index (Phi) is 4.22. The van der Waals surface area contributed by atoms with Crippen molar-refractivity contribution in [3.8, 4) is 11.5 Å². The number of phenolic OH excluding ortho intramolecular Hbond substituents is 1. The van der Waals surface area contributed by atoms with Crippen LogP contribution >= 0.6 is 15.9 Å². The maximum atomic E-state index is 9.89. The van der Waals surface area contributed by atoms with Gasteiger partial charge >= 0.3 is 0 Å². The van der Waals surface area contributed by atoms with Gasteiger partial charge < -0.3 is 9.84 Å². The Bertz CT molecular complexity index is 492. The first-order valence-electron chi connectivity index (χ1n) is 7.48. The first-order chi connectivity index (χ1) is 9.69. The highest BCUT2D eigenvalue weighted by Crippen LogP contribution is 2.39. The lowest BCUT2D eigenvalue weighted by molar-refractivity contribution is 0.106. The van der Waals surface area contributed by atoms with Gasteiger partial charge in [0.1, 0.15) is 0 Å². The number of phenols is 1. The van der Waals surface area contributed by atoms with Crippen molar-refractivity contribution >= 4 is 15.9 Å². The third kappa shape index (κ3) is 2.68. The highest BCUT2D eigenvalue weighted by molar-refractivity contribution is 9.10. The van der Waals surface area contributed by atoms with Crippen LogP contribution in [0.4, 0.5) is 0 Å². The maximum absolute atomic E-state index is 9.89. The van der Waals surface area contributed by atoms with Crippen molar-refractivity contribution in [2.24, 2.45) is 5.92 Å². The van der Waals surface area contributed by atoms with Crippen LogP contribution in [0.3, 0.4) is 0 Å². The monoisotopic (exact) mass is 339 g/mol. The van der Waals surface area contributed by atoms with Crippen molar-refractivity contribution in [2.45, 2.75) is 44.7 Å². The average Bonchev–Trinajstić information content (AvgIpc) is 2.92. The SMILES string of the molecule is COc1cc(CN2CCCC3CCCC32)cc(Br)c1O. The molecule has 3 rings (SSSR count). The largest absolute Gasteiger partial charge is 0.503 e. The topological polar surface area (TPSA) is 32.7 Å². The van der Waals surface area contributed by atoms with E-state index in [4.69, 9.17) is 4.74 Å². The number of rotatable bonds is 3. The predicted octanol–water partition coefficient (Wildman–Crippen LogP) is 3.93. The molecule has 2 atom stereocenters. The minimum atomic E-state index is 0.189.